The average molecular weight is 432 g/mol. The maximum atomic E-state index is 13.1. The summed E-state index contributed by atoms with van der Waals surface area (Å²) in [4.78, 5) is 21.7. The van der Waals surface area contributed by atoms with E-state index < -0.39 is 0 Å². The molecule has 0 atom stereocenters. The number of pyridine rings is 1. The molecule has 162 valence electrons. The lowest BCUT2D eigenvalue weighted by molar-refractivity contribution is 0.0643. The molecule has 0 radical (unpaired) electrons. The molecule has 0 unspecified atom stereocenters. The summed E-state index contributed by atoms with van der Waals surface area (Å²) in [6.07, 6.45) is 4.69. The van der Waals surface area contributed by atoms with Gasteiger partial charge in [-0.25, -0.2) is 0 Å². The van der Waals surface area contributed by atoms with Gasteiger partial charge in [-0.2, -0.15) is 0 Å². The molecule has 0 saturated carbocycles. The molecule has 1 amide bonds. The molecule has 1 aliphatic heterocycles. The van der Waals surface area contributed by atoms with Crippen LogP contribution in [0.15, 0.2) is 36.5 Å². The maximum Gasteiger partial charge on any atom is 0.254 e. The van der Waals surface area contributed by atoms with Crippen LogP contribution < -0.4 is 9.47 Å². The molecular formula is C23H30ClN3O3. The number of hydrogen-bond donors (Lipinski definition) is 0. The highest BCUT2D eigenvalue weighted by molar-refractivity contribution is 6.32. The van der Waals surface area contributed by atoms with Gasteiger partial charge in [0.15, 0.2) is 11.5 Å². The summed E-state index contributed by atoms with van der Waals surface area (Å²) in [6.45, 7) is 5.30. The fourth-order valence-corrected chi connectivity index (χ4v) is 4.11. The van der Waals surface area contributed by atoms with Crippen molar-refractivity contribution in [1.82, 2.24) is 14.8 Å². The van der Waals surface area contributed by atoms with Gasteiger partial charge in [0.1, 0.15) is 0 Å². The molecule has 7 heteroatoms. The second-order valence-electron chi connectivity index (χ2n) is 7.48. The van der Waals surface area contributed by atoms with Crippen LogP contribution >= 0.6 is 11.6 Å². The van der Waals surface area contributed by atoms with Crippen LogP contribution in [-0.2, 0) is 6.42 Å². The summed E-state index contributed by atoms with van der Waals surface area (Å²) in [5, 5.41) is 0.386. The number of piperidine rings is 1. The molecule has 2 aromatic rings. The van der Waals surface area contributed by atoms with E-state index in [0.29, 0.717) is 28.7 Å². The third-order valence-corrected chi connectivity index (χ3v) is 5.88. The van der Waals surface area contributed by atoms with Crippen molar-refractivity contribution in [3.8, 4) is 11.5 Å². The summed E-state index contributed by atoms with van der Waals surface area (Å²) >= 11 is 6.34. The van der Waals surface area contributed by atoms with Gasteiger partial charge < -0.3 is 19.3 Å². The Morgan fingerprint density at radius 1 is 1.30 bits per heavy atom. The number of carbonyl (C=O) groups excluding carboxylic acids is 1. The largest absolute Gasteiger partial charge is 0.493 e. The van der Waals surface area contributed by atoms with Crippen LogP contribution in [0, 0.1) is 0 Å². The highest BCUT2D eigenvalue weighted by Gasteiger charge is 2.27. The molecule has 1 saturated heterocycles. The van der Waals surface area contributed by atoms with E-state index >= 15 is 0 Å². The van der Waals surface area contributed by atoms with Crippen LogP contribution in [0.25, 0.3) is 0 Å². The number of carbonyl (C=O) groups is 1. The highest BCUT2D eigenvalue weighted by Crippen LogP contribution is 2.37. The van der Waals surface area contributed by atoms with Gasteiger partial charge in [0, 0.05) is 56.6 Å². The average Bonchev–Trinajstić information content (AvgIpc) is 2.79. The molecule has 0 N–H and O–H groups in total. The zero-order valence-corrected chi connectivity index (χ0v) is 18.7. The van der Waals surface area contributed by atoms with Crippen molar-refractivity contribution in [2.24, 2.45) is 0 Å². The van der Waals surface area contributed by atoms with Gasteiger partial charge in [-0.15, -0.1) is 0 Å². The first kappa shape index (κ1) is 22.4. The number of ether oxygens (including phenoxy) is 2. The minimum atomic E-state index is -0.0508. The molecular weight excluding hydrogens is 402 g/mol. The minimum Gasteiger partial charge on any atom is -0.493 e. The zero-order chi connectivity index (χ0) is 21.5. The quantitative estimate of drug-likeness (QED) is 0.634. The van der Waals surface area contributed by atoms with Gasteiger partial charge in [-0.05, 0) is 44.0 Å². The second-order valence-corrected chi connectivity index (χ2v) is 7.89. The van der Waals surface area contributed by atoms with E-state index in [1.165, 1.54) is 0 Å². The van der Waals surface area contributed by atoms with E-state index in [4.69, 9.17) is 21.1 Å². The predicted molar refractivity (Wildman–Crippen MR) is 119 cm³/mol. The lowest BCUT2D eigenvalue weighted by atomic mass is 10.0. The van der Waals surface area contributed by atoms with Gasteiger partial charge in [-0.3, -0.25) is 9.78 Å². The predicted octanol–water partition coefficient (Wildman–Crippen LogP) is 3.92. The number of aromatic nitrogens is 1. The Kier molecular flexibility index (Phi) is 7.94. The maximum absolute atomic E-state index is 13.1. The molecule has 0 bridgehead atoms. The van der Waals surface area contributed by atoms with Crippen molar-refractivity contribution < 1.29 is 14.3 Å². The lowest BCUT2D eigenvalue weighted by Crippen LogP contribution is -2.46. The molecule has 1 aliphatic rings. The van der Waals surface area contributed by atoms with Crippen molar-refractivity contribution >= 4 is 17.5 Å². The number of amides is 1. The van der Waals surface area contributed by atoms with Crippen molar-refractivity contribution in [2.75, 3.05) is 40.4 Å². The summed E-state index contributed by atoms with van der Waals surface area (Å²) in [6, 6.07) is 9.61. The summed E-state index contributed by atoms with van der Waals surface area (Å²) < 4.78 is 10.9. The number of nitrogens with zero attached hydrogens (tertiary/aromatic N) is 3. The fourth-order valence-electron chi connectivity index (χ4n) is 3.85. The van der Waals surface area contributed by atoms with Crippen molar-refractivity contribution in [3.63, 3.8) is 0 Å². The molecule has 1 aromatic carbocycles. The Hall–Kier alpha value is -2.31. The number of methoxy groups -OCH3 is 1. The van der Waals surface area contributed by atoms with E-state index in [1.807, 2.05) is 37.2 Å². The fraction of sp³-hybridized carbons (Fsp3) is 0.478. The molecule has 2 heterocycles. The van der Waals surface area contributed by atoms with Crippen molar-refractivity contribution in [1.29, 1.82) is 0 Å². The van der Waals surface area contributed by atoms with Crippen LogP contribution in [-0.4, -0.2) is 67.1 Å². The van der Waals surface area contributed by atoms with Gasteiger partial charge in [0.25, 0.3) is 5.91 Å². The van der Waals surface area contributed by atoms with Crippen molar-refractivity contribution in [3.05, 3.63) is 52.8 Å². The third kappa shape index (κ3) is 5.43. The Bertz CT molecular complexity index is 839. The van der Waals surface area contributed by atoms with Crippen LogP contribution in [0.5, 0.6) is 11.5 Å². The van der Waals surface area contributed by atoms with Crippen LogP contribution in [0.4, 0.5) is 0 Å². The Balaban J connectivity index is 1.57. The van der Waals surface area contributed by atoms with Crippen LogP contribution in [0.1, 0.15) is 35.8 Å². The standard InChI is InChI=1S/C23H30ClN3O3/c1-4-30-22-20(24)15-17(16-21(22)29-3)23(28)26(2)19-9-13-27(14-10-19)12-8-18-7-5-6-11-25-18/h5-7,11,15-16,19H,4,8-10,12-14H2,1-3H3. The molecule has 6 nitrogen and oxygen atoms in total. The molecule has 1 aromatic heterocycles. The molecule has 3 rings (SSSR count). The Morgan fingerprint density at radius 3 is 2.70 bits per heavy atom. The lowest BCUT2D eigenvalue weighted by Gasteiger charge is -2.36. The molecule has 0 spiro atoms. The van der Waals surface area contributed by atoms with Crippen molar-refractivity contribution in [2.45, 2.75) is 32.2 Å². The summed E-state index contributed by atoms with van der Waals surface area (Å²) in [5.74, 6) is 0.901. The number of likely N-dealkylation sites (tertiary alicyclic amines) is 1. The van der Waals surface area contributed by atoms with E-state index in [1.54, 1.807) is 19.2 Å². The summed E-state index contributed by atoms with van der Waals surface area (Å²) in [7, 11) is 3.42. The number of benzene rings is 1. The topological polar surface area (TPSA) is 54.9 Å². The summed E-state index contributed by atoms with van der Waals surface area (Å²) in [5.41, 5.74) is 1.63. The number of rotatable bonds is 8. The van der Waals surface area contributed by atoms with E-state index in [9.17, 15) is 4.79 Å². The first-order valence-corrected chi connectivity index (χ1v) is 10.8. The van der Waals surface area contributed by atoms with Crippen LogP contribution in [0.3, 0.4) is 0 Å². The Morgan fingerprint density at radius 2 is 2.07 bits per heavy atom. The smallest absolute Gasteiger partial charge is 0.254 e. The van der Waals surface area contributed by atoms with E-state index in [-0.39, 0.29) is 11.9 Å². The van der Waals surface area contributed by atoms with Gasteiger partial charge in [-0.1, -0.05) is 17.7 Å². The van der Waals surface area contributed by atoms with E-state index in [2.05, 4.69) is 16.0 Å². The molecule has 30 heavy (non-hydrogen) atoms. The highest BCUT2D eigenvalue weighted by atomic mass is 35.5. The van der Waals surface area contributed by atoms with Gasteiger partial charge in [0.2, 0.25) is 0 Å². The molecule has 0 aliphatic carbocycles. The first-order valence-electron chi connectivity index (χ1n) is 10.4. The number of hydrogen-bond acceptors (Lipinski definition) is 5. The molecule has 1 fully saturated rings. The van der Waals surface area contributed by atoms with E-state index in [0.717, 1.165) is 44.6 Å². The van der Waals surface area contributed by atoms with Gasteiger partial charge in [0.05, 0.1) is 18.7 Å². The zero-order valence-electron chi connectivity index (χ0n) is 17.9. The normalized spacial score (nSPS) is 15.1. The Labute approximate surface area is 183 Å². The SMILES string of the molecule is CCOc1c(Cl)cc(C(=O)N(C)C2CCN(CCc3ccccn3)CC2)cc1OC. The van der Waals surface area contributed by atoms with Crippen LogP contribution in [0.2, 0.25) is 5.02 Å². The minimum absolute atomic E-state index is 0.0508. The monoisotopic (exact) mass is 431 g/mol. The van der Waals surface area contributed by atoms with Gasteiger partial charge >= 0.3 is 0 Å². The first-order chi connectivity index (χ1) is 14.5. The third-order valence-electron chi connectivity index (χ3n) is 5.60. The number of halogens is 1. The second kappa shape index (κ2) is 10.6.